The van der Waals surface area contributed by atoms with Crippen LogP contribution in [0.3, 0.4) is 0 Å². The minimum atomic E-state index is -1.33. The van der Waals surface area contributed by atoms with Crippen molar-refractivity contribution in [3.8, 4) is 0 Å². The third-order valence-corrected chi connectivity index (χ3v) is 0. The Labute approximate surface area is 79.9 Å². The van der Waals surface area contributed by atoms with Gasteiger partial charge in [-0.15, -0.1) is 23.3 Å². The molecule has 1 radical (unpaired) electrons. The molecule has 7 heavy (non-hydrogen) atoms. The van der Waals surface area contributed by atoms with Crippen LogP contribution in [0.2, 0.25) is 0 Å². The molecule has 0 bridgehead atoms. The van der Waals surface area contributed by atoms with Gasteiger partial charge in [-0.2, -0.15) is 0 Å². The minimum absolute atomic E-state index is 0. The summed E-state index contributed by atoms with van der Waals surface area (Å²) in [4.78, 5) is 8.78. The summed E-state index contributed by atoms with van der Waals surface area (Å²) in [7, 11) is 0. The summed E-state index contributed by atoms with van der Waals surface area (Å²) >= 11 is 6.44. The summed E-state index contributed by atoms with van der Waals surface area (Å²) in [6.45, 7) is 0. The normalized spacial score (nSPS) is 4.29. The molecule has 0 saturated carbocycles. The molecule has 41 valence electrons. The first-order chi connectivity index (χ1) is 2.73. The smallest absolute Gasteiger partial charge is 0.402 e. The Morgan fingerprint density at radius 2 is 1.57 bits per heavy atom. The van der Waals surface area contributed by atoms with Gasteiger partial charge >= 0.3 is 6.09 Å². The molecule has 0 rings (SSSR count). The Morgan fingerprint density at radius 1 is 1.57 bits per heavy atom. The number of hydrogen-bond donors (Lipinski definition) is 4. The molecule has 0 aliphatic rings. The zero-order valence-electron chi connectivity index (χ0n) is 3.40. The molecular formula is CH5LaNO2S2. The van der Waals surface area contributed by atoms with Crippen molar-refractivity contribution in [3.63, 3.8) is 0 Å². The average Bonchev–Trinajstić information content (AvgIpc) is 1.41. The molecular weight excluding hydrogens is 261 g/mol. The van der Waals surface area contributed by atoms with Crippen LogP contribution in [0.25, 0.3) is 0 Å². The van der Waals surface area contributed by atoms with E-state index in [-0.39, 0.29) is 35.6 Å². The van der Waals surface area contributed by atoms with Crippen molar-refractivity contribution in [3.05, 3.63) is 0 Å². The number of thiol groups is 2. The molecule has 0 fully saturated rings. The van der Waals surface area contributed by atoms with Gasteiger partial charge in [-0.05, 0) is 0 Å². The Bertz CT molecular complexity index is 38.7. The summed E-state index contributed by atoms with van der Waals surface area (Å²) in [5.74, 6) is 0. The third-order valence-electron chi connectivity index (χ3n) is 0. The maximum atomic E-state index is 8.78. The second-order valence-corrected chi connectivity index (χ2v) is 0.338. The number of hydrogen-bond acceptors (Lipinski definition) is 3. The molecule has 0 aromatic heterocycles. The van der Waals surface area contributed by atoms with E-state index in [1.165, 1.54) is 0 Å². The molecule has 6 heteroatoms. The van der Waals surface area contributed by atoms with E-state index in [0.29, 0.717) is 0 Å². The predicted octanol–water partition coefficient (Wildman–Crippen LogP) is 0.384. The van der Waals surface area contributed by atoms with Gasteiger partial charge in [0.1, 0.15) is 0 Å². The van der Waals surface area contributed by atoms with Crippen LogP contribution >= 0.6 is 23.3 Å². The summed E-state index contributed by atoms with van der Waals surface area (Å²) < 4.78 is 0. The second kappa shape index (κ2) is 15.7. The number of amides is 1. The van der Waals surface area contributed by atoms with Gasteiger partial charge in [0.15, 0.2) is 0 Å². The summed E-state index contributed by atoms with van der Waals surface area (Å²) in [6.07, 6.45) is -1.33. The van der Waals surface area contributed by atoms with E-state index >= 15 is 0 Å². The monoisotopic (exact) mass is 266 g/mol. The van der Waals surface area contributed by atoms with Crippen LogP contribution in [0.15, 0.2) is 0 Å². The second-order valence-electron chi connectivity index (χ2n) is 0.338. The fourth-order valence-electron chi connectivity index (χ4n) is 0. The first-order valence-corrected chi connectivity index (χ1v) is 2.52. The van der Waals surface area contributed by atoms with Gasteiger partial charge in [0.25, 0.3) is 0 Å². The summed E-state index contributed by atoms with van der Waals surface area (Å²) in [6, 6.07) is 0. The molecule has 0 aliphatic carbocycles. The molecule has 0 atom stereocenters. The van der Waals surface area contributed by atoms with Crippen molar-refractivity contribution < 1.29 is 45.5 Å². The van der Waals surface area contributed by atoms with Crippen molar-refractivity contribution in [2.45, 2.75) is 0 Å². The van der Waals surface area contributed by atoms with E-state index < -0.39 is 6.09 Å². The molecule has 3 N–H and O–H groups in total. The molecule has 0 spiro atoms. The van der Waals surface area contributed by atoms with Crippen LogP contribution in [-0.4, -0.2) is 11.2 Å². The standard InChI is InChI=1S/CH3NO2.La.H2S2/c2-1(3)4;;1-2/h2H2,(H,3,4);;1-2H. The van der Waals surface area contributed by atoms with Gasteiger partial charge in [-0.3, -0.25) is 0 Å². The van der Waals surface area contributed by atoms with Crippen LogP contribution in [0.4, 0.5) is 4.79 Å². The molecule has 0 aromatic rings. The first-order valence-electron chi connectivity index (χ1n) is 0.916. The number of nitrogens with two attached hydrogens (primary N) is 1. The number of carbonyl (C=O) groups is 1. The maximum Gasteiger partial charge on any atom is 0.402 e. The third kappa shape index (κ3) is 141. The van der Waals surface area contributed by atoms with Crippen molar-refractivity contribution >= 4 is 29.4 Å². The maximum absolute atomic E-state index is 8.78. The van der Waals surface area contributed by atoms with Crippen molar-refractivity contribution in [1.82, 2.24) is 0 Å². The summed E-state index contributed by atoms with van der Waals surface area (Å²) in [5.41, 5.74) is 4.03. The van der Waals surface area contributed by atoms with Crippen LogP contribution in [0.5, 0.6) is 0 Å². The number of rotatable bonds is 0. The van der Waals surface area contributed by atoms with Gasteiger partial charge in [0.2, 0.25) is 0 Å². The average molecular weight is 266 g/mol. The van der Waals surface area contributed by atoms with Gasteiger partial charge in [0, 0.05) is 35.6 Å². The number of carboxylic acid groups (broad SMARTS) is 1. The van der Waals surface area contributed by atoms with Gasteiger partial charge in [0.05, 0.1) is 0 Å². The van der Waals surface area contributed by atoms with Crippen LogP contribution in [0.1, 0.15) is 0 Å². The Balaban J connectivity index is -0.0000000480. The van der Waals surface area contributed by atoms with Gasteiger partial charge < -0.3 is 10.8 Å². The topological polar surface area (TPSA) is 63.3 Å². The Kier molecular flexibility index (Phi) is 35.2. The van der Waals surface area contributed by atoms with Gasteiger partial charge in [-0.1, -0.05) is 0 Å². The molecule has 0 aliphatic heterocycles. The van der Waals surface area contributed by atoms with Crippen LogP contribution in [0, 0.1) is 35.6 Å². The van der Waals surface area contributed by atoms with Crippen molar-refractivity contribution in [1.29, 1.82) is 0 Å². The molecule has 0 saturated heterocycles. The van der Waals surface area contributed by atoms with E-state index in [9.17, 15) is 0 Å². The number of primary amides is 1. The minimum Gasteiger partial charge on any atom is -0.465 e. The Hall–Kier alpha value is 1.16. The zero-order chi connectivity index (χ0) is 5.58. The molecule has 0 aromatic carbocycles. The SMILES string of the molecule is NC(=O)O.SS.[La]. The van der Waals surface area contributed by atoms with E-state index in [2.05, 4.69) is 29.1 Å². The fourth-order valence-corrected chi connectivity index (χ4v) is 0. The zero-order valence-corrected chi connectivity index (χ0v) is 8.82. The first kappa shape index (κ1) is 15.7. The Morgan fingerprint density at radius 3 is 1.57 bits per heavy atom. The van der Waals surface area contributed by atoms with E-state index in [1.54, 1.807) is 0 Å². The molecule has 3 nitrogen and oxygen atoms in total. The molecule has 1 amide bonds. The van der Waals surface area contributed by atoms with Crippen molar-refractivity contribution in [2.24, 2.45) is 5.73 Å². The molecule has 0 unspecified atom stereocenters. The predicted molar refractivity (Wildman–Crippen MR) is 30.2 cm³/mol. The quantitative estimate of drug-likeness (QED) is 0.378. The van der Waals surface area contributed by atoms with Gasteiger partial charge in [-0.25, -0.2) is 4.79 Å². The summed E-state index contributed by atoms with van der Waals surface area (Å²) in [5, 5.41) is 7.19. The molecule has 0 heterocycles. The van der Waals surface area contributed by atoms with Crippen LogP contribution in [-0.2, 0) is 0 Å². The van der Waals surface area contributed by atoms with E-state index in [0.717, 1.165) is 0 Å². The van der Waals surface area contributed by atoms with E-state index in [1.807, 2.05) is 0 Å². The van der Waals surface area contributed by atoms with Crippen LogP contribution < -0.4 is 5.73 Å². The largest absolute Gasteiger partial charge is 0.465 e. The fraction of sp³-hybridized carbons (Fsp3) is 0. The van der Waals surface area contributed by atoms with E-state index in [4.69, 9.17) is 9.90 Å². The van der Waals surface area contributed by atoms with Crippen molar-refractivity contribution in [2.75, 3.05) is 0 Å².